The van der Waals surface area contributed by atoms with Gasteiger partial charge in [-0.15, -0.1) is 12.4 Å². The molecular weight excluding hydrogens is 226 g/mol. The number of aryl methyl sites for hydroxylation is 1. The van der Waals surface area contributed by atoms with Gasteiger partial charge >= 0.3 is 0 Å². The third-order valence-corrected chi connectivity index (χ3v) is 2.99. The normalized spacial score (nSPS) is 17.0. The molecule has 0 bridgehead atoms. The average Bonchev–Trinajstić information content (AvgIpc) is 2.65. The SMILES string of the molecule is Cl.Cn1cccc1C(=O)N1CCC(N)CC1. The predicted molar refractivity (Wildman–Crippen MR) is 65.8 cm³/mol. The van der Waals surface area contributed by atoms with Crippen molar-refractivity contribution < 1.29 is 4.79 Å². The highest BCUT2D eigenvalue weighted by molar-refractivity contribution is 5.92. The molecule has 5 heteroatoms. The Morgan fingerprint density at radius 3 is 2.56 bits per heavy atom. The summed E-state index contributed by atoms with van der Waals surface area (Å²) in [5.41, 5.74) is 6.56. The zero-order chi connectivity index (χ0) is 10.8. The lowest BCUT2D eigenvalue weighted by molar-refractivity contribution is 0.0705. The standard InChI is InChI=1S/C11H17N3O.ClH/c1-13-6-2-3-10(13)11(15)14-7-4-9(12)5-8-14;/h2-3,6,9H,4-5,7-8,12H2,1H3;1H. The molecule has 0 atom stereocenters. The predicted octanol–water partition coefficient (Wildman–Crippen LogP) is 1.01. The smallest absolute Gasteiger partial charge is 0.270 e. The Morgan fingerprint density at radius 2 is 2.06 bits per heavy atom. The van der Waals surface area contributed by atoms with Crippen molar-refractivity contribution in [2.24, 2.45) is 12.8 Å². The monoisotopic (exact) mass is 243 g/mol. The van der Waals surface area contributed by atoms with Gasteiger partial charge < -0.3 is 15.2 Å². The van der Waals surface area contributed by atoms with Gasteiger partial charge in [0.05, 0.1) is 0 Å². The summed E-state index contributed by atoms with van der Waals surface area (Å²) in [6.07, 6.45) is 3.72. The van der Waals surface area contributed by atoms with Crippen molar-refractivity contribution in [3.05, 3.63) is 24.0 Å². The summed E-state index contributed by atoms with van der Waals surface area (Å²) in [7, 11) is 1.89. The molecule has 0 aromatic carbocycles. The Morgan fingerprint density at radius 1 is 1.44 bits per heavy atom. The second-order valence-corrected chi connectivity index (χ2v) is 4.13. The first kappa shape index (κ1) is 13.1. The molecule has 0 aliphatic carbocycles. The van der Waals surface area contributed by atoms with Crippen LogP contribution < -0.4 is 5.73 Å². The van der Waals surface area contributed by atoms with Crippen molar-refractivity contribution in [2.75, 3.05) is 13.1 Å². The maximum absolute atomic E-state index is 12.1. The molecule has 2 rings (SSSR count). The summed E-state index contributed by atoms with van der Waals surface area (Å²) in [6.45, 7) is 1.57. The number of carbonyl (C=O) groups is 1. The molecule has 2 heterocycles. The number of nitrogens with two attached hydrogens (primary N) is 1. The van der Waals surface area contributed by atoms with E-state index in [-0.39, 0.29) is 24.4 Å². The van der Waals surface area contributed by atoms with Crippen molar-refractivity contribution in [1.29, 1.82) is 0 Å². The second kappa shape index (κ2) is 5.37. The average molecular weight is 244 g/mol. The minimum absolute atomic E-state index is 0. The van der Waals surface area contributed by atoms with Crippen LogP contribution in [0.3, 0.4) is 0 Å². The van der Waals surface area contributed by atoms with Gasteiger partial charge in [0.25, 0.3) is 5.91 Å². The first-order valence-corrected chi connectivity index (χ1v) is 5.34. The van der Waals surface area contributed by atoms with Crippen LogP contribution in [-0.4, -0.2) is 34.5 Å². The highest BCUT2D eigenvalue weighted by Crippen LogP contribution is 2.12. The van der Waals surface area contributed by atoms with Gasteiger partial charge in [-0.05, 0) is 25.0 Å². The molecule has 2 N–H and O–H groups in total. The zero-order valence-electron chi connectivity index (χ0n) is 9.43. The number of aromatic nitrogens is 1. The summed E-state index contributed by atoms with van der Waals surface area (Å²) in [6, 6.07) is 4.02. The molecule has 16 heavy (non-hydrogen) atoms. The quantitative estimate of drug-likeness (QED) is 0.801. The summed E-state index contributed by atoms with van der Waals surface area (Å²) < 4.78 is 1.86. The number of amides is 1. The molecule has 1 aliphatic rings. The van der Waals surface area contributed by atoms with Crippen molar-refractivity contribution in [2.45, 2.75) is 18.9 Å². The lowest BCUT2D eigenvalue weighted by atomic mass is 10.1. The lowest BCUT2D eigenvalue weighted by Gasteiger charge is -2.30. The fourth-order valence-corrected chi connectivity index (χ4v) is 1.95. The van der Waals surface area contributed by atoms with Crippen molar-refractivity contribution in [1.82, 2.24) is 9.47 Å². The molecule has 1 aromatic heterocycles. The van der Waals surface area contributed by atoms with Gasteiger partial charge in [0.15, 0.2) is 0 Å². The van der Waals surface area contributed by atoms with E-state index in [1.165, 1.54) is 0 Å². The molecule has 0 spiro atoms. The molecule has 90 valence electrons. The number of hydrogen-bond acceptors (Lipinski definition) is 2. The molecule has 1 aliphatic heterocycles. The van der Waals surface area contributed by atoms with Crippen LogP contribution in [0.15, 0.2) is 18.3 Å². The Hall–Kier alpha value is -1.00. The van der Waals surface area contributed by atoms with Crippen LogP contribution in [0.25, 0.3) is 0 Å². The van der Waals surface area contributed by atoms with Crippen LogP contribution in [-0.2, 0) is 7.05 Å². The minimum Gasteiger partial charge on any atom is -0.347 e. The largest absolute Gasteiger partial charge is 0.347 e. The lowest BCUT2D eigenvalue weighted by Crippen LogP contribution is -2.43. The Balaban J connectivity index is 0.00000128. The van der Waals surface area contributed by atoms with Crippen molar-refractivity contribution in [3.8, 4) is 0 Å². The van der Waals surface area contributed by atoms with Gasteiger partial charge in [0.2, 0.25) is 0 Å². The molecule has 0 unspecified atom stereocenters. The maximum atomic E-state index is 12.1. The molecule has 1 saturated heterocycles. The summed E-state index contributed by atoms with van der Waals surface area (Å²) in [5.74, 6) is 0.120. The number of halogens is 1. The van der Waals surface area contributed by atoms with Crippen molar-refractivity contribution in [3.63, 3.8) is 0 Å². The summed E-state index contributed by atoms with van der Waals surface area (Å²) in [4.78, 5) is 13.9. The molecule has 0 radical (unpaired) electrons. The molecular formula is C11H18ClN3O. The van der Waals surface area contributed by atoms with Crippen LogP contribution >= 0.6 is 12.4 Å². The van der Waals surface area contributed by atoms with Gasteiger partial charge in [-0.2, -0.15) is 0 Å². The van der Waals surface area contributed by atoms with Crippen LogP contribution in [0.5, 0.6) is 0 Å². The minimum atomic E-state index is 0. The topological polar surface area (TPSA) is 51.3 Å². The van der Waals surface area contributed by atoms with E-state index in [0.29, 0.717) is 0 Å². The van der Waals surface area contributed by atoms with E-state index in [1.807, 2.05) is 34.8 Å². The van der Waals surface area contributed by atoms with Crippen molar-refractivity contribution >= 4 is 18.3 Å². The fraction of sp³-hybridized carbons (Fsp3) is 0.545. The number of nitrogens with zero attached hydrogens (tertiary/aromatic N) is 2. The van der Waals surface area contributed by atoms with E-state index in [4.69, 9.17) is 5.73 Å². The van der Waals surface area contributed by atoms with Gasteiger partial charge in [-0.3, -0.25) is 4.79 Å². The molecule has 1 amide bonds. The number of likely N-dealkylation sites (tertiary alicyclic amines) is 1. The van der Waals surface area contributed by atoms with E-state index in [2.05, 4.69) is 0 Å². The Labute approximate surface area is 102 Å². The highest BCUT2D eigenvalue weighted by atomic mass is 35.5. The van der Waals surface area contributed by atoms with E-state index in [0.717, 1.165) is 31.6 Å². The van der Waals surface area contributed by atoms with E-state index >= 15 is 0 Å². The number of rotatable bonds is 1. The first-order valence-electron chi connectivity index (χ1n) is 5.34. The Kier molecular flexibility index (Phi) is 4.38. The summed E-state index contributed by atoms with van der Waals surface area (Å²) in [5, 5.41) is 0. The van der Waals surface area contributed by atoms with Crippen LogP contribution in [0.4, 0.5) is 0 Å². The zero-order valence-corrected chi connectivity index (χ0v) is 10.2. The number of carbonyl (C=O) groups excluding carboxylic acids is 1. The van der Waals surface area contributed by atoms with Gasteiger partial charge in [0.1, 0.15) is 5.69 Å². The highest BCUT2D eigenvalue weighted by Gasteiger charge is 2.22. The van der Waals surface area contributed by atoms with Crippen LogP contribution in [0.2, 0.25) is 0 Å². The van der Waals surface area contributed by atoms with Gasteiger partial charge in [-0.25, -0.2) is 0 Å². The van der Waals surface area contributed by atoms with E-state index in [9.17, 15) is 4.79 Å². The third-order valence-electron chi connectivity index (χ3n) is 2.99. The number of piperidine rings is 1. The number of hydrogen-bond donors (Lipinski definition) is 1. The third kappa shape index (κ3) is 2.57. The maximum Gasteiger partial charge on any atom is 0.270 e. The van der Waals surface area contributed by atoms with Crippen LogP contribution in [0.1, 0.15) is 23.3 Å². The van der Waals surface area contributed by atoms with E-state index in [1.54, 1.807) is 0 Å². The molecule has 1 aromatic rings. The van der Waals surface area contributed by atoms with Crippen LogP contribution in [0, 0.1) is 0 Å². The van der Waals surface area contributed by atoms with Gasteiger partial charge in [-0.1, -0.05) is 0 Å². The van der Waals surface area contributed by atoms with Gasteiger partial charge in [0, 0.05) is 32.4 Å². The molecule has 0 saturated carbocycles. The molecule has 1 fully saturated rings. The fourth-order valence-electron chi connectivity index (χ4n) is 1.95. The second-order valence-electron chi connectivity index (χ2n) is 4.13. The Bertz CT molecular complexity index is 356. The summed E-state index contributed by atoms with van der Waals surface area (Å²) >= 11 is 0. The first-order chi connectivity index (χ1) is 7.18. The molecule has 4 nitrogen and oxygen atoms in total. The van der Waals surface area contributed by atoms with E-state index < -0.39 is 0 Å².